The molecule has 0 fully saturated rings. The number of carbonyl (C=O) groups excluding carboxylic acids is 1. The average Bonchev–Trinajstić information content (AvgIpc) is 2.86. The molecule has 1 aromatic rings. The fourth-order valence-electron chi connectivity index (χ4n) is 1.90. The van der Waals surface area contributed by atoms with Gasteiger partial charge in [-0.3, -0.25) is 5.10 Å². The number of aromatic amines is 1. The summed E-state index contributed by atoms with van der Waals surface area (Å²) in [5.74, 6) is -1.12. The molecule has 0 aliphatic carbocycles. The maximum Gasteiger partial charge on any atom is 0.451 e. The summed E-state index contributed by atoms with van der Waals surface area (Å²) in [5.41, 5.74) is -0.0153. The molecule has 0 aromatic carbocycles. The molecule has 0 spiro atoms. The Morgan fingerprint density at radius 1 is 1.36 bits per heavy atom. The van der Waals surface area contributed by atoms with Gasteiger partial charge in [0, 0.05) is 13.1 Å². The lowest BCUT2D eigenvalue weighted by Crippen LogP contribution is -2.39. The number of H-pyrrole nitrogens is 1. The number of hydrogen-bond acceptors (Lipinski definition) is 4. The van der Waals surface area contributed by atoms with Gasteiger partial charge in [0.2, 0.25) is 5.82 Å². The van der Waals surface area contributed by atoms with Crippen molar-refractivity contribution < 1.29 is 22.7 Å². The normalized spacial score (nSPS) is 16.5. The summed E-state index contributed by atoms with van der Waals surface area (Å²) < 4.78 is 42.7. The zero-order valence-electron chi connectivity index (χ0n) is 12.5. The summed E-state index contributed by atoms with van der Waals surface area (Å²) in [5, 5.41) is 5.45. The highest BCUT2D eigenvalue weighted by Crippen LogP contribution is 2.28. The van der Waals surface area contributed by atoms with Gasteiger partial charge in [0.15, 0.2) is 5.82 Å². The maximum atomic E-state index is 12.5. The van der Waals surface area contributed by atoms with E-state index in [2.05, 4.69) is 10.1 Å². The third-order valence-corrected chi connectivity index (χ3v) is 2.90. The number of nitrogens with zero attached hydrogens (tertiary/aromatic N) is 3. The minimum atomic E-state index is -4.55. The number of aromatic nitrogens is 3. The third kappa shape index (κ3) is 3.99. The molecule has 1 aliphatic rings. The standard InChI is InChI=1S/C13H17F3N4O2/c1-12(2,3)22-11(21)20-6-4-8(5-7-20)9-17-10(19-18-9)13(14,15)16/h4H,5-7H2,1-3H3,(H,17,18,19). The van der Waals surface area contributed by atoms with Crippen LogP contribution in [-0.4, -0.2) is 44.9 Å². The first kappa shape index (κ1) is 16.3. The highest BCUT2D eigenvalue weighted by molar-refractivity contribution is 5.71. The van der Waals surface area contributed by atoms with E-state index in [4.69, 9.17) is 4.74 Å². The monoisotopic (exact) mass is 318 g/mol. The van der Waals surface area contributed by atoms with Crippen molar-refractivity contribution in [2.24, 2.45) is 0 Å². The van der Waals surface area contributed by atoms with E-state index in [0.717, 1.165) is 0 Å². The van der Waals surface area contributed by atoms with Gasteiger partial charge in [-0.05, 0) is 32.8 Å². The summed E-state index contributed by atoms with van der Waals surface area (Å²) in [7, 11) is 0. The van der Waals surface area contributed by atoms with Crippen molar-refractivity contribution in [2.45, 2.75) is 39.0 Å². The van der Waals surface area contributed by atoms with Gasteiger partial charge in [-0.25, -0.2) is 9.78 Å². The number of hydrogen-bond donors (Lipinski definition) is 1. The van der Waals surface area contributed by atoms with E-state index >= 15 is 0 Å². The Balaban J connectivity index is 2.03. The van der Waals surface area contributed by atoms with E-state index in [1.54, 1.807) is 26.8 Å². The van der Waals surface area contributed by atoms with Gasteiger partial charge in [-0.2, -0.15) is 18.3 Å². The van der Waals surface area contributed by atoms with Crippen LogP contribution in [0.15, 0.2) is 6.08 Å². The van der Waals surface area contributed by atoms with Crippen molar-refractivity contribution in [2.75, 3.05) is 13.1 Å². The van der Waals surface area contributed by atoms with Crippen LogP contribution in [0, 0.1) is 0 Å². The number of alkyl halides is 3. The number of ether oxygens (including phenoxy) is 1. The summed E-state index contributed by atoms with van der Waals surface area (Å²) in [6.07, 6.45) is -3.00. The van der Waals surface area contributed by atoms with Crippen LogP contribution in [0.3, 0.4) is 0 Å². The van der Waals surface area contributed by atoms with E-state index in [1.165, 1.54) is 4.90 Å². The second kappa shape index (κ2) is 5.62. The molecule has 2 rings (SSSR count). The Kier molecular flexibility index (Phi) is 4.17. The van der Waals surface area contributed by atoms with Crippen LogP contribution in [0.4, 0.5) is 18.0 Å². The molecule has 0 bridgehead atoms. The Bertz CT molecular complexity index is 587. The van der Waals surface area contributed by atoms with Crippen molar-refractivity contribution in [3.63, 3.8) is 0 Å². The first-order valence-electron chi connectivity index (χ1n) is 6.73. The fraction of sp³-hybridized carbons (Fsp3) is 0.615. The third-order valence-electron chi connectivity index (χ3n) is 2.90. The van der Waals surface area contributed by atoms with Gasteiger partial charge < -0.3 is 9.64 Å². The molecule has 1 aromatic heterocycles. The largest absolute Gasteiger partial charge is 0.451 e. The van der Waals surface area contributed by atoms with Crippen LogP contribution in [0.25, 0.3) is 5.57 Å². The average molecular weight is 318 g/mol. The number of rotatable bonds is 1. The molecule has 0 unspecified atom stereocenters. The maximum absolute atomic E-state index is 12.5. The van der Waals surface area contributed by atoms with Crippen molar-refractivity contribution in [1.82, 2.24) is 20.1 Å². The molecule has 0 saturated carbocycles. The molecule has 22 heavy (non-hydrogen) atoms. The SMILES string of the molecule is CC(C)(C)OC(=O)N1CC=C(c2n[nH]c(C(F)(F)F)n2)CC1. The summed E-state index contributed by atoms with van der Waals surface area (Å²) in [6, 6.07) is 0. The summed E-state index contributed by atoms with van der Waals surface area (Å²) >= 11 is 0. The van der Waals surface area contributed by atoms with Crippen molar-refractivity contribution >= 4 is 11.7 Å². The fourth-order valence-corrected chi connectivity index (χ4v) is 1.90. The Morgan fingerprint density at radius 3 is 2.50 bits per heavy atom. The molecule has 9 heteroatoms. The molecular weight excluding hydrogens is 301 g/mol. The molecule has 122 valence electrons. The van der Waals surface area contributed by atoms with Gasteiger partial charge in [-0.1, -0.05) is 6.08 Å². The number of nitrogens with one attached hydrogen (secondary N) is 1. The van der Waals surface area contributed by atoms with Gasteiger partial charge in [0.05, 0.1) is 0 Å². The van der Waals surface area contributed by atoms with Gasteiger partial charge in [-0.15, -0.1) is 0 Å². The van der Waals surface area contributed by atoms with E-state index in [0.29, 0.717) is 18.5 Å². The molecule has 1 amide bonds. The molecule has 0 radical (unpaired) electrons. The van der Waals surface area contributed by atoms with Crippen molar-refractivity contribution in [3.8, 4) is 0 Å². The van der Waals surface area contributed by atoms with E-state index < -0.39 is 23.7 Å². The number of halogens is 3. The Hall–Kier alpha value is -2.06. The quantitative estimate of drug-likeness (QED) is 0.864. The van der Waals surface area contributed by atoms with E-state index in [1.807, 2.05) is 5.10 Å². The number of carbonyl (C=O) groups is 1. The van der Waals surface area contributed by atoms with Crippen LogP contribution in [0.2, 0.25) is 0 Å². The van der Waals surface area contributed by atoms with Crippen LogP contribution in [0.5, 0.6) is 0 Å². The van der Waals surface area contributed by atoms with Crippen LogP contribution in [-0.2, 0) is 10.9 Å². The minimum absolute atomic E-state index is 0.0103. The molecule has 6 nitrogen and oxygen atoms in total. The molecule has 1 N–H and O–H groups in total. The van der Waals surface area contributed by atoms with E-state index in [9.17, 15) is 18.0 Å². The van der Waals surface area contributed by atoms with Crippen molar-refractivity contribution in [3.05, 3.63) is 17.7 Å². The van der Waals surface area contributed by atoms with Gasteiger partial charge in [0.25, 0.3) is 0 Å². The molecule has 0 saturated heterocycles. The molecule has 0 atom stereocenters. The minimum Gasteiger partial charge on any atom is -0.444 e. The van der Waals surface area contributed by atoms with Crippen LogP contribution in [0.1, 0.15) is 38.8 Å². The first-order valence-corrected chi connectivity index (χ1v) is 6.73. The molecule has 1 aliphatic heterocycles. The zero-order chi connectivity index (χ0) is 16.5. The zero-order valence-corrected chi connectivity index (χ0v) is 12.5. The highest BCUT2D eigenvalue weighted by atomic mass is 19.4. The van der Waals surface area contributed by atoms with Crippen LogP contribution >= 0.6 is 0 Å². The molecular formula is C13H17F3N4O2. The molecule has 2 heterocycles. The van der Waals surface area contributed by atoms with E-state index in [-0.39, 0.29) is 12.4 Å². The second-order valence-corrected chi connectivity index (χ2v) is 5.91. The summed E-state index contributed by atoms with van der Waals surface area (Å²) in [4.78, 5) is 16.8. The Labute approximate surface area is 125 Å². The lowest BCUT2D eigenvalue weighted by molar-refractivity contribution is -0.144. The van der Waals surface area contributed by atoms with Gasteiger partial charge in [0.1, 0.15) is 5.60 Å². The van der Waals surface area contributed by atoms with Crippen LogP contribution < -0.4 is 0 Å². The lowest BCUT2D eigenvalue weighted by Gasteiger charge is -2.29. The number of amides is 1. The van der Waals surface area contributed by atoms with Crippen molar-refractivity contribution in [1.29, 1.82) is 0 Å². The second-order valence-electron chi connectivity index (χ2n) is 5.91. The van der Waals surface area contributed by atoms with Gasteiger partial charge >= 0.3 is 12.3 Å². The summed E-state index contributed by atoms with van der Waals surface area (Å²) in [6.45, 7) is 5.89. The smallest absolute Gasteiger partial charge is 0.444 e. The lowest BCUT2D eigenvalue weighted by atomic mass is 10.1. The Morgan fingerprint density at radius 2 is 2.05 bits per heavy atom. The first-order chi connectivity index (χ1) is 10.1. The topological polar surface area (TPSA) is 71.1 Å². The predicted molar refractivity (Wildman–Crippen MR) is 71.8 cm³/mol. The predicted octanol–water partition coefficient (Wildman–Crippen LogP) is 2.85. The highest BCUT2D eigenvalue weighted by Gasteiger charge is 2.35.